The number of anilines is 1. The highest BCUT2D eigenvalue weighted by Crippen LogP contribution is 2.24. The molecule has 0 bridgehead atoms. The van der Waals surface area contributed by atoms with Crippen LogP contribution in [0.1, 0.15) is 5.56 Å². The Hall–Kier alpha value is -2.53. The number of carboxylic acid groups (broad SMARTS) is 1. The lowest BCUT2D eigenvalue weighted by Crippen LogP contribution is -2.42. The normalized spacial score (nSPS) is 11.7. The Kier molecular flexibility index (Phi) is 5.38. The van der Waals surface area contributed by atoms with Crippen molar-refractivity contribution < 1.29 is 19.5 Å². The van der Waals surface area contributed by atoms with Crippen molar-refractivity contribution in [3.8, 4) is 5.75 Å². The van der Waals surface area contributed by atoms with Crippen molar-refractivity contribution in [3.63, 3.8) is 0 Å². The number of ether oxygens (including phenoxy) is 1. The third-order valence-corrected chi connectivity index (χ3v) is 3.38. The SMILES string of the molecule is COc1ccccc1CC(C(=O)O)N(OC)c1ccccc1. The molecular formula is C17H19NO4. The molecule has 2 aromatic rings. The van der Waals surface area contributed by atoms with Crippen LogP contribution in [-0.4, -0.2) is 31.3 Å². The predicted octanol–water partition coefficient (Wildman–Crippen LogP) is 2.76. The quantitative estimate of drug-likeness (QED) is 0.797. The smallest absolute Gasteiger partial charge is 0.329 e. The molecule has 1 atom stereocenters. The van der Waals surface area contributed by atoms with Gasteiger partial charge in [-0.2, -0.15) is 0 Å². The van der Waals surface area contributed by atoms with Gasteiger partial charge >= 0.3 is 5.97 Å². The van der Waals surface area contributed by atoms with Gasteiger partial charge in [-0.1, -0.05) is 36.4 Å². The number of aliphatic carboxylic acids is 1. The summed E-state index contributed by atoms with van der Waals surface area (Å²) < 4.78 is 5.29. The van der Waals surface area contributed by atoms with Crippen LogP contribution < -0.4 is 9.80 Å². The lowest BCUT2D eigenvalue weighted by molar-refractivity contribution is -0.140. The van der Waals surface area contributed by atoms with E-state index in [1.54, 1.807) is 7.11 Å². The minimum Gasteiger partial charge on any atom is -0.496 e. The van der Waals surface area contributed by atoms with Crippen molar-refractivity contribution in [2.45, 2.75) is 12.5 Å². The van der Waals surface area contributed by atoms with Gasteiger partial charge in [0.25, 0.3) is 0 Å². The first-order valence-corrected chi connectivity index (χ1v) is 6.90. The Morgan fingerprint density at radius 1 is 1.09 bits per heavy atom. The second kappa shape index (κ2) is 7.47. The Balaban J connectivity index is 2.31. The van der Waals surface area contributed by atoms with E-state index >= 15 is 0 Å². The summed E-state index contributed by atoms with van der Waals surface area (Å²) >= 11 is 0. The number of hydroxylamine groups is 1. The van der Waals surface area contributed by atoms with Crippen LogP contribution >= 0.6 is 0 Å². The van der Waals surface area contributed by atoms with Crippen LogP contribution in [0.2, 0.25) is 0 Å². The van der Waals surface area contributed by atoms with E-state index in [2.05, 4.69) is 0 Å². The fraction of sp³-hybridized carbons (Fsp3) is 0.235. The van der Waals surface area contributed by atoms with Crippen LogP contribution in [0.25, 0.3) is 0 Å². The Morgan fingerprint density at radius 3 is 2.32 bits per heavy atom. The second-order valence-corrected chi connectivity index (χ2v) is 4.71. The molecule has 0 fully saturated rings. The highest BCUT2D eigenvalue weighted by molar-refractivity contribution is 5.78. The molecule has 1 unspecified atom stereocenters. The standard InChI is InChI=1S/C17H19NO4/c1-21-16-11-7-6-8-13(16)12-15(17(19)20)18(22-2)14-9-4-3-5-10-14/h3-11,15H,12H2,1-2H3,(H,19,20). The van der Waals surface area contributed by atoms with Gasteiger partial charge in [0.2, 0.25) is 0 Å². The lowest BCUT2D eigenvalue weighted by atomic mass is 10.0. The topological polar surface area (TPSA) is 59.0 Å². The van der Waals surface area contributed by atoms with Crippen molar-refractivity contribution in [2.24, 2.45) is 0 Å². The molecule has 0 saturated heterocycles. The lowest BCUT2D eigenvalue weighted by Gasteiger charge is -2.28. The zero-order valence-electron chi connectivity index (χ0n) is 12.6. The van der Waals surface area contributed by atoms with Gasteiger partial charge in [0.05, 0.1) is 19.9 Å². The average Bonchev–Trinajstić information content (AvgIpc) is 2.56. The Morgan fingerprint density at radius 2 is 1.73 bits per heavy atom. The number of rotatable bonds is 7. The zero-order chi connectivity index (χ0) is 15.9. The zero-order valence-corrected chi connectivity index (χ0v) is 12.6. The summed E-state index contributed by atoms with van der Waals surface area (Å²) in [4.78, 5) is 17.0. The fourth-order valence-electron chi connectivity index (χ4n) is 2.34. The minimum atomic E-state index is -0.961. The van der Waals surface area contributed by atoms with E-state index in [-0.39, 0.29) is 6.42 Å². The largest absolute Gasteiger partial charge is 0.496 e. The maximum Gasteiger partial charge on any atom is 0.329 e. The molecule has 2 aromatic carbocycles. The molecule has 0 saturated carbocycles. The van der Waals surface area contributed by atoms with Crippen molar-refractivity contribution >= 4 is 11.7 Å². The summed E-state index contributed by atoms with van der Waals surface area (Å²) in [5.74, 6) is -0.297. The molecule has 0 aromatic heterocycles. The van der Waals surface area contributed by atoms with E-state index < -0.39 is 12.0 Å². The number of nitrogens with zero attached hydrogens (tertiary/aromatic N) is 1. The van der Waals surface area contributed by atoms with Gasteiger partial charge in [-0.25, -0.2) is 9.86 Å². The van der Waals surface area contributed by atoms with Crippen LogP contribution in [0.15, 0.2) is 54.6 Å². The third-order valence-electron chi connectivity index (χ3n) is 3.38. The first-order valence-electron chi connectivity index (χ1n) is 6.90. The van der Waals surface area contributed by atoms with Crippen LogP contribution in [0.3, 0.4) is 0 Å². The molecule has 5 heteroatoms. The number of carboxylic acids is 1. The first-order chi connectivity index (χ1) is 10.7. The summed E-state index contributed by atoms with van der Waals surface area (Å²) in [5.41, 5.74) is 1.50. The summed E-state index contributed by atoms with van der Waals surface area (Å²) in [6.45, 7) is 0. The number of methoxy groups -OCH3 is 1. The summed E-state index contributed by atoms with van der Waals surface area (Å²) in [7, 11) is 3.03. The van der Waals surface area contributed by atoms with Gasteiger partial charge in [0.15, 0.2) is 6.04 Å². The first kappa shape index (κ1) is 15.9. The molecule has 0 aliphatic rings. The van der Waals surface area contributed by atoms with E-state index in [0.717, 1.165) is 5.56 Å². The van der Waals surface area contributed by atoms with Crippen LogP contribution in [0.4, 0.5) is 5.69 Å². The summed E-state index contributed by atoms with van der Waals surface area (Å²) in [6.07, 6.45) is 0.266. The molecule has 0 spiro atoms. The molecular weight excluding hydrogens is 282 g/mol. The number of para-hydroxylation sites is 2. The van der Waals surface area contributed by atoms with Crippen LogP contribution in [0.5, 0.6) is 5.75 Å². The maximum absolute atomic E-state index is 11.7. The van der Waals surface area contributed by atoms with Crippen LogP contribution in [0, 0.1) is 0 Å². The summed E-state index contributed by atoms with van der Waals surface area (Å²) in [5, 5.41) is 11.0. The highest BCUT2D eigenvalue weighted by atomic mass is 16.7. The van der Waals surface area contributed by atoms with Gasteiger partial charge in [-0.15, -0.1) is 0 Å². The van der Waals surface area contributed by atoms with E-state index in [1.165, 1.54) is 12.2 Å². The van der Waals surface area contributed by atoms with Crippen molar-refractivity contribution in [1.29, 1.82) is 0 Å². The van der Waals surface area contributed by atoms with Crippen LogP contribution in [-0.2, 0) is 16.1 Å². The predicted molar refractivity (Wildman–Crippen MR) is 84.1 cm³/mol. The number of hydrogen-bond acceptors (Lipinski definition) is 4. The molecule has 0 amide bonds. The van der Waals surface area contributed by atoms with Gasteiger partial charge in [0.1, 0.15) is 5.75 Å². The Labute approximate surface area is 129 Å². The monoisotopic (exact) mass is 301 g/mol. The van der Waals surface area contributed by atoms with E-state index in [1.807, 2.05) is 54.6 Å². The molecule has 2 rings (SSSR count). The van der Waals surface area contributed by atoms with Gasteiger partial charge in [-0.05, 0) is 23.8 Å². The highest BCUT2D eigenvalue weighted by Gasteiger charge is 2.27. The fourth-order valence-corrected chi connectivity index (χ4v) is 2.34. The minimum absolute atomic E-state index is 0.266. The molecule has 0 aliphatic carbocycles. The van der Waals surface area contributed by atoms with Crippen molar-refractivity contribution in [3.05, 3.63) is 60.2 Å². The number of carbonyl (C=O) groups is 1. The number of hydrogen-bond donors (Lipinski definition) is 1. The molecule has 5 nitrogen and oxygen atoms in total. The molecule has 116 valence electrons. The van der Waals surface area contributed by atoms with E-state index in [4.69, 9.17) is 9.57 Å². The second-order valence-electron chi connectivity index (χ2n) is 4.71. The average molecular weight is 301 g/mol. The van der Waals surface area contributed by atoms with E-state index in [0.29, 0.717) is 11.4 Å². The molecule has 0 radical (unpaired) electrons. The van der Waals surface area contributed by atoms with Crippen molar-refractivity contribution in [2.75, 3.05) is 19.3 Å². The Bertz CT molecular complexity index is 615. The van der Waals surface area contributed by atoms with E-state index in [9.17, 15) is 9.90 Å². The number of benzene rings is 2. The molecule has 22 heavy (non-hydrogen) atoms. The third kappa shape index (κ3) is 3.56. The van der Waals surface area contributed by atoms with Crippen molar-refractivity contribution in [1.82, 2.24) is 0 Å². The van der Waals surface area contributed by atoms with Gasteiger partial charge in [0, 0.05) is 6.42 Å². The molecule has 0 heterocycles. The molecule has 1 N–H and O–H groups in total. The maximum atomic E-state index is 11.7. The molecule has 0 aliphatic heterocycles. The van der Waals surface area contributed by atoms with Gasteiger partial charge < -0.3 is 9.84 Å². The summed E-state index contributed by atoms with van der Waals surface area (Å²) in [6, 6.07) is 15.7. The van der Waals surface area contributed by atoms with Gasteiger partial charge in [-0.3, -0.25) is 4.84 Å².